The Morgan fingerprint density at radius 2 is 2.00 bits per heavy atom. The van der Waals surface area contributed by atoms with Crippen LogP contribution in [-0.4, -0.2) is 55.2 Å². The summed E-state index contributed by atoms with van der Waals surface area (Å²) in [5.41, 5.74) is 0. The standard InChI is InChI=1S/C9H16N2O2/c12-9-2-1-3-11(9)8-10-4-6-13-7-5-10/h1-8H2. The third-order valence-corrected chi connectivity index (χ3v) is 2.65. The van der Waals surface area contributed by atoms with Crippen LogP contribution in [0.4, 0.5) is 0 Å². The monoisotopic (exact) mass is 184 g/mol. The molecule has 1 amide bonds. The van der Waals surface area contributed by atoms with Crippen molar-refractivity contribution in [2.24, 2.45) is 0 Å². The summed E-state index contributed by atoms with van der Waals surface area (Å²) in [7, 11) is 0. The smallest absolute Gasteiger partial charge is 0.223 e. The predicted octanol–water partition coefficient (Wildman–Crippen LogP) is -0.102. The molecule has 0 spiro atoms. The number of carbonyl (C=O) groups excluding carboxylic acids is 1. The van der Waals surface area contributed by atoms with E-state index in [1.54, 1.807) is 0 Å². The molecule has 0 radical (unpaired) electrons. The summed E-state index contributed by atoms with van der Waals surface area (Å²) >= 11 is 0. The second-order valence-electron chi connectivity index (χ2n) is 3.63. The third-order valence-electron chi connectivity index (χ3n) is 2.65. The molecule has 0 unspecified atom stereocenters. The maximum atomic E-state index is 11.3. The molecule has 0 aromatic carbocycles. The van der Waals surface area contributed by atoms with E-state index in [1.807, 2.05) is 4.90 Å². The van der Waals surface area contributed by atoms with Gasteiger partial charge in [-0.3, -0.25) is 9.69 Å². The first-order valence-electron chi connectivity index (χ1n) is 4.94. The average Bonchev–Trinajstić information content (AvgIpc) is 2.54. The van der Waals surface area contributed by atoms with Crippen molar-refractivity contribution < 1.29 is 9.53 Å². The Balaban J connectivity index is 1.79. The fraction of sp³-hybridized carbons (Fsp3) is 0.889. The zero-order valence-electron chi connectivity index (χ0n) is 7.87. The summed E-state index contributed by atoms with van der Waals surface area (Å²) in [6.07, 6.45) is 1.77. The van der Waals surface area contributed by atoms with Crippen LogP contribution in [-0.2, 0) is 9.53 Å². The van der Waals surface area contributed by atoms with Gasteiger partial charge in [-0.05, 0) is 6.42 Å². The largest absolute Gasteiger partial charge is 0.379 e. The SMILES string of the molecule is O=C1CCCN1CN1CCOCC1. The molecular formula is C9H16N2O2. The van der Waals surface area contributed by atoms with E-state index in [0.717, 1.165) is 52.4 Å². The highest BCUT2D eigenvalue weighted by atomic mass is 16.5. The van der Waals surface area contributed by atoms with Gasteiger partial charge >= 0.3 is 0 Å². The summed E-state index contributed by atoms with van der Waals surface area (Å²) in [6, 6.07) is 0. The first-order valence-corrected chi connectivity index (χ1v) is 4.94. The van der Waals surface area contributed by atoms with Crippen LogP contribution in [0.25, 0.3) is 0 Å². The molecule has 13 heavy (non-hydrogen) atoms. The van der Waals surface area contributed by atoms with Gasteiger partial charge in [0, 0.05) is 26.1 Å². The topological polar surface area (TPSA) is 32.8 Å². The van der Waals surface area contributed by atoms with Gasteiger partial charge in [0.15, 0.2) is 0 Å². The number of hydrogen-bond donors (Lipinski definition) is 0. The van der Waals surface area contributed by atoms with E-state index in [0.29, 0.717) is 5.91 Å². The van der Waals surface area contributed by atoms with Crippen molar-refractivity contribution in [2.75, 3.05) is 39.5 Å². The molecule has 2 rings (SSSR count). The molecule has 0 bridgehead atoms. The number of amides is 1. The van der Waals surface area contributed by atoms with E-state index in [-0.39, 0.29) is 0 Å². The molecule has 0 atom stereocenters. The van der Waals surface area contributed by atoms with Crippen LogP contribution >= 0.6 is 0 Å². The van der Waals surface area contributed by atoms with Gasteiger partial charge in [0.1, 0.15) is 0 Å². The fourth-order valence-corrected chi connectivity index (χ4v) is 1.84. The summed E-state index contributed by atoms with van der Waals surface area (Å²) in [5, 5.41) is 0. The second-order valence-corrected chi connectivity index (χ2v) is 3.63. The Morgan fingerprint density at radius 3 is 2.62 bits per heavy atom. The number of hydrogen-bond acceptors (Lipinski definition) is 3. The molecule has 0 aromatic rings. The van der Waals surface area contributed by atoms with Crippen LogP contribution in [0.2, 0.25) is 0 Å². The van der Waals surface area contributed by atoms with E-state index in [2.05, 4.69) is 4.90 Å². The van der Waals surface area contributed by atoms with Gasteiger partial charge in [-0.25, -0.2) is 0 Å². The molecule has 4 nitrogen and oxygen atoms in total. The van der Waals surface area contributed by atoms with E-state index in [1.165, 1.54) is 0 Å². The Morgan fingerprint density at radius 1 is 1.23 bits per heavy atom. The lowest BCUT2D eigenvalue weighted by atomic mass is 10.4. The predicted molar refractivity (Wildman–Crippen MR) is 48.2 cm³/mol. The van der Waals surface area contributed by atoms with Crippen LogP contribution in [0.1, 0.15) is 12.8 Å². The number of nitrogens with zero attached hydrogens (tertiary/aromatic N) is 2. The molecule has 2 heterocycles. The van der Waals surface area contributed by atoms with E-state index in [9.17, 15) is 4.79 Å². The van der Waals surface area contributed by atoms with Gasteiger partial charge < -0.3 is 9.64 Å². The molecule has 2 aliphatic heterocycles. The molecule has 0 aromatic heterocycles. The van der Waals surface area contributed by atoms with Gasteiger partial charge in [0.25, 0.3) is 0 Å². The Bertz CT molecular complexity index is 190. The molecule has 2 fully saturated rings. The van der Waals surface area contributed by atoms with E-state index >= 15 is 0 Å². The number of carbonyl (C=O) groups is 1. The van der Waals surface area contributed by atoms with Crippen LogP contribution in [0.15, 0.2) is 0 Å². The first kappa shape index (κ1) is 8.97. The normalized spacial score (nSPS) is 25.5. The van der Waals surface area contributed by atoms with E-state index in [4.69, 9.17) is 4.74 Å². The molecule has 4 heteroatoms. The van der Waals surface area contributed by atoms with Crippen molar-refractivity contribution in [1.82, 2.24) is 9.80 Å². The van der Waals surface area contributed by atoms with Gasteiger partial charge in [-0.15, -0.1) is 0 Å². The number of morpholine rings is 1. The van der Waals surface area contributed by atoms with Crippen LogP contribution < -0.4 is 0 Å². The summed E-state index contributed by atoms with van der Waals surface area (Å²) in [4.78, 5) is 15.6. The molecule has 2 saturated heterocycles. The maximum absolute atomic E-state index is 11.3. The molecule has 0 saturated carbocycles. The molecule has 74 valence electrons. The minimum Gasteiger partial charge on any atom is -0.379 e. The fourth-order valence-electron chi connectivity index (χ4n) is 1.84. The highest BCUT2D eigenvalue weighted by molar-refractivity contribution is 5.77. The van der Waals surface area contributed by atoms with Crippen molar-refractivity contribution >= 4 is 5.91 Å². The maximum Gasteiger partial charge on any atom is 0.223 e. The van der Waals surface area contributed by atoms with Gasteiger partial charge in [-0.2, -0.15) is 0 Å². The summed E-state index contributed by atoms with van der Waals surface area (Å²) in [5.74, 6) is 0.312. The van der Waals surface area contributed by atoms with Crippen molar-refractivity contribution in [3.63, 3.8) is 0 Å². The third kappa shape index (κ3) is 2.19. The zero-order valence-corrected chi connectivity index (χ0v) is 7.87. The minimum absolute atomic E-state index is 0.312. The quantitative estimate of drug-likeness (QED) is 0.600. The van der Waals surface area contributed by atoms with Gasteiger partial charge in [0.05, 0.1) is 19.9 Å². The van der Waals surface area contributed by atoms with Crippen LogP contribution in [0.5, 0.6) is 0 Å². The van der Waals surface area contributed by atoms with Gasteiger partial charge in [-0.1, -0.05) is 0 Å². The van der Waals surface area contributed by atoms with Crippen molar-refractivity contribution in [3.8, 4) is 0 Å². The number of likely N-dealkylation sites (tertiary alicyclic amines) is 1. The summed E-state index contributed by atoms with van der Waals surface area (Å²) < 4.78 is 5.25. The minimum atomic E-state index is 0.312. The van der Waals surface area contributed by atoms with Crippen molar-refractivity contribution in [2.45, 2.75) is 12.8 Å². The molecule has 2 aliphatic rings. The molecular weight excluding hydrogens is 168 g/mol. The highest BCUT2D eigenvalue weighted by Crippen LogP contribution is 2.10. The lowest BCUT2D eigenvalue weighted by Crippen LogP contribution is -2.44. The Kier molecular flexibility index (Phi) is 2.80. The number of rotatable bonds is 2. The van der Waals surface area contributed by atoms with E-state index < -0.39 is 0 Å². The average molecular weight is 184 g/mol. The lowest BCUT2D eigenvalue weighted by molar-refractivity contribution is -0.130. The zero-order chi connectivity index (χ0) is 9.10. The van der Waals surface area contributed by atoms with Gasteiger partial charge in [0.2, 0.25) is 5.91 Å². The van der Waals surface area contributed by atoms with Crippen molar-refractivity contribution in [3.05, 3.63) is 0 Å². The molecule has 0 N–H and O–H groups in total. The lowest BCUT2D eigenvalue weighted by Gasteiger charge is -2.30. The second kappa shape index (κ2) is 4.07. The van der Waals surface area contributed by atoms with Crippen LogP contribution in [0.3, 0.4) is 0 Å². The first-order chi connectivity index (χ1) is 6.36. The highest BCUT2D eigenvalue weighted by Gasteiger charge is 2.22. The number of ether oxygens (including phenoxy) is 1. The summed E-state index contributed by atoms with van der Waals surface area (Å²) in [6.45, 7) is 5.29. The Labute approximate surface area is 78.4 Å². The molecule has 0 aliphatic carbocycles. The van der Waals surface area contributed by atoms with Crippen LogP contribution in [0, 0.1) is 0 Å². The van der Waals surface area contributed by atoms with Crippen molar-refractivity contribution in [1.29, 1.82) is 0 Å². The Hall–Kier alpha value is -0.610.